The van der Waals surface area contributed by atoms with Crippen LogP contribution in [-0.4, -0.2) is 15.3 Å². The molecular weight excluding hydrogens is 302 g/mol. The molecule has 0 aliphatic heterocycles. The quantitative estimate of drug-likeness (QED) is 0.789. The predicted molar refractivity (Wildman–Crippen MR) is 91.2 cm³/mol. The summed E-state index contributed by atoms with van der Waals surface area (Å²) in [4.78, 5) is 29.5. The third-order valence-electron chi connectivity index (χ3n) is 4.61. The number of amides is 1. The molecule has 24 heavy (non-hydrogen) atoms. The van der Waals surface area contributed by atoms with Gasteiger partial charge in [-0.3, -0.25) is 14.0 Å². The second-order valence-corrected chi connectivity index (χ2v) is 6.10. The molecule has 0 saturated heterocycles. The fraction of sp³-hybridized carbons (Fsp3) is 0.211. The Kier molecular flexibility index (Phi) is 3.41. The number of hydrogen-bond donors (Lipinski definition) is 1. The van der Waals surface area contributed by atoms with Crippen molar-refractivity contribution in [1.29, 1.82) is 0 Å². The highest BCUT2D eigenvalue weighted by atomic mass is 16.2. The lowest BCUT2D eigenvalue weighted by atomic mass is 10.1. The zero-order valence-corrected chi connectivity index (χ0v) is 13.3. The van der Waals surface area contributed by atoms with E-state index >= 15 is 0 Å². The molecule has 0 radical (unpaired) electrons. The minimum atomic E-state index is -0.369. The van der Waals surface area contributed by atoms with Gasteiger partial charge in [-0.05, 0) is 43.0 Å². The third-order valence-corrected chi connectivity index (χ3v) is 4.61. The molecule has 1 aliphatic rings. The molecule has 2 heterocycles. The molecular formula is C19H17N3O2. The van der Waals surface area contributed by atoms with E-state index in [2.05, 4.69) is 16.4 Å². The van der Waals surface area contributed by atoms with Gasteiger partial charge in [0.1, 0.15) is 11.2 Å². The Balaban J connectivity index is 1.69. The van der Waals surface area contributed by atoms with Crippen LogP contribution in [-0.2, 0) is 6.42 Å². The second kappa shape index (κ2) is 5.60. The number of carbonyl (C=O) groups is 1. The maximum Gasteiger partial charge on any atom is 0.270 e. The lowest BCUT2D eigenvalue weighted by molar-refractivity contribution is 0.0934. The molecule has 120 valence electrons. The highest BCUT2D eigenvalue weighted by molar-refractivity contribution is 5.94. The Hall–Kier alpha value is -2.95. The maximum atomic E-state index is 12.7. The van der Waals surface area contributed by atoms with Gasteiger partial charge in [0.2, 0.25) is 0 Å². The standard InChI is InChI=1S/C19H17N3O2/c1-12-5-4-8-17-20-11-15(19(24)22(12)17)18(23)21-16-10-9-13-6-2-3-7-14(13)16/h2-8,11,16H,9-10H2,1H3,(H,21,23). The van der Waals surface area contributed by atoms with E-state index < -0.39 is 0 Å². The van der Waals surface area contributed by atoms with E-state index in [1.165, 1.54) is 16.2 Å². The Morgan fingerprint density at radius 1 is 1.21 bits per heavy atom. The van der Waals surface area contributed by atoms with Crippen LogP contribution in [0.5, 0.6) is 0 Å². The monoisotopic (exact) mass is 319 g/mol. The van der Waals surface area contributed by atoms with Gasteiger partial charge in [-0.2, -0.15) is 0 Å². The molecule has 1 unspecified atom stereocenters. The van der Waals surface area contributed by atoms with E-state index in [0.717, 1.165) is 24.1 Å². The second-order valence-electron chi connectivity index (χ2n) is 6.10. The number of carbonyl (C=O) groups excluding carboxylic acids is 1. The minimum absolute atomic E-state index is 0.0503. The van der Waals surface area contributed by atoms with Crippen LogP contribution in [0.15, 0.2) is 53.5 Å². The topological polar surface area (TPSA) is 63.5 Å². The van der Waals surface area contributed by atoms with Crippen molar-refractivity contribution in [2.75, 3.05) is 0 Å². The highest BCUT2D eigenvalue weighted by Gasteiger charge is 2.25. The van der Waals surface area contributed by atoms with Crippen LogP contribution >= 0.6 is 0 Å². The van der Waals surface area contributed by atoms with Crippen molar-refractivity contribution in [2.45, 2.75) is 25.8 Å². The maximum absolute atomic E-state index is 12.7. The summed E-state index contributed by atoms with van der Waals surface area (Å²) in [5.41, 5.74) is 3.43. The molecule has 1 N–H and O–H groups in total. The first kappa shape index (κ1) is 14.6. The molecule has 1 amide bonds. The molecule has 1 aliphatic carbocycles. The van der Waals surface area contributed by atoms with Crippen molar-refractivity contribution in [3.63, 3.8) is 0 Å². The molecule has 0 spiro atoms. The van der Waals surface area contributed by atoms with Crippen LogP contribution in [0.25, 0.3) is 5.65 Å². The molecule has 0 bridgehead atoms. The first-order valence-corrected chi connectivity index (χ1v) is 8.01. The fourth-order valence-electron chi connectivity index (χ4n) is 3.37. The van der Waals surface area contributed by atoms with Crippen LogP contribution in [0.4, 0.5) is 0 Å². The van der Waals surface area contributed by atoms with Gasteiger partial charge >= 0.3 is 0 Å². The van der Waals surface area contributed by atoms with E-state index in [1.54, 1.807) is 6.07 Å². The van der Waals surface area contributed by atoms with Crippen molar-refractivity contribution >= 4 is 11.6 Å². The highest BCUT2D eigenvalue weighted by Crippen LogP contribution is 2.30. The zero-order valence-electron chi connectivity index (χ0n) is 13.3. The van der Waals surface area contributed by atoms with Crippen LogP contribution < -0.4 is 10.9 Å². The Labute approximate surface area is 139 Å². The van der Waals surface area contributed by atoms with E-state index in [-0.39, 0.29) is 23.1 Å². The Bertz CT molecular complexity index is 1010. The molecule has 3 aromatic rings. The Morgan fingerprint density at radius 2 is 2.04 bits per heavy atom. The van der Waals surface area contributed by atoms with Crippen molar-refractivity contribution < 1.29 is 4.79 Å². The SMILES string of the molecule is Cc1cccc2ncc(C(=O)NC3CCc4ccccc43)c(=O)n12. The predicted octanol–water partition coefficient (Wildman–Crippen LogP) is 2.42. The molecule has 0 saturated carbocycles. The van der Waals surface area contributed by atoms with Gasteiger partial charge in [0.25, 0.3) is 11.5 Å². The number of pyridine rings is 1. The lowest BCUT2D eigenvalue weighted by Gasteiger charge is -2.14. The molecule has 2 aromatic heterocycles. The first-order valence-electron chi connectivity index (χ1n) is 8.01. The summed E-state index contributed by atoms with van der Waals surface area (Å²) in [6.45, 7) is 1.82. The fourth-order valence-corrected chi connectivity index (χ4v) is 3.37. The summed E-state index contributed by atoms with van der Waals surface area (Å²) in [6, 6.07) is 13.5. The lowest BCUT2D eigenvalue weighted by Crippen LogP contribution is -2.33. The summed E-state index contributed by atoms with van der Waals surface area (Å²) in [7, 11) is 0. The Morgan fingerprint density at radius 3 is 2.92 bits per heavy atom. The molecule has 0 fully saturated rings. The molecule has 4 rings (SSSR count). The van der Waals surface area contributed by atoms with Gasteiger partial charge in [-0.25, -0.2) is 4.98 Å². The number of aryl methyl sites for hydroxylation is 2. The van der Waals surface area contributed by atoms with E-state index in [4.69, 9.17) is 0 Å². The van der Waals surface area contributed by atoms with Crippen molar-refractivity contribution in [3.05, 3.63) is 81.4 Å². The van der Waals surface area contributed by atoms with Gasteiger partial charge in [-0.15, -0.1) is 0 Å². The number of rotatable bonds is 2. The van der Waals surface area contributed by atoms with Crippen LogP contribution in [0, 0.1) is 6.92 Å². The number of benzene rings is 1. The van der Waals surface area contributed by atoms with Crippen molar-refractivity contribution in [3.8, 4) is 0 Å². The molecule has 5 nitrogen and oxygen atoms in total. The summed E-state index contributed by atoms with van der Waals surface area (Å²) < 4.78 is 1.47. The van der Waals surface area contributed by atoms with E-state index in [1.807, 2.05) is 37.3 Å². The number of aromatic nitrogens is 2. The zero-order chi connectivity index (χ0) is 16.7. The molecule has 1 aromatic carbocycles. The first-order chi connectivity index (χ1) is 11.6. The number of fused-ring (bicyclic) bond motifs is 2. The molecule has 1 atom stereocenters. The summed E-state index contributed by atoms with van der Waals surface area (Å²) in [6.07, 6.45) is 3.16. The van der Waals surface area contributed by atoms with Gasteiger partial charge in [0, 0.05) is 11.9 Å². The smallest absolute Gasteiger partial charge is 0.270 e. The normalized spacial score (nSPS) is 16.1. The van der Waals surface area contributed by atoms with Crippen molar-refractivity contribution in [1.82, 2.24) is 14.7 Å². The van der Waals surface area contributed by atoms with Gasteiger partial charge in [0.15, 0.2) is 0 Å². The van der Waals surface area contributed by atoms with Crippen molar-refractivity contribution in [2.24, 2.45) is 0 Å². The number of hydrogen-bond acceptors (Lipinski definition) is 3. The third kappa shape index (κ3) is 2.29. The van der Waals surface area contributed by atoms with Crippen LogP contribution in [0.1, 0.15) is 39.6 Å². The minimum Gasteiger partial charge on any atom is -0.345 e. The van der Waals surface area contributed by atoms with E-state index in [0.29, 0.717) is 5.65 Å². The number of nitrogens with one attached hydrogen (secondary N) is 1. The van der Waals surface area contributed by atoms with Crippen LogP contribution in [0.3, 0.4) is 0 Å². The average Bonchev–Trinajstić information content (AvgIpc) is 2.98. The molecule has 5 heteroatoms. The van der Waals surface area contributed by atoms with E-state index in [9.17, 15) is 9.59 Å². The largest absolute Gasteiger partial charge is 0.345 e. The summed E-state index contributed by atoms with van der Waals surface area (Å²) in [5, 5.41) is 2.98. The average molecular weight is 319 g/mol. The van der Waals surface area contributed by atoms with Gasteiger partial charge < -0.3 is 5.32 Å². The van der Waals surface area contributed by atoms with Gasteiger partial charge in [-0.1, -0.05) is 30.3 Å². The summed E-state index contributed by atoms with van der Waals surface area (Å²) >= 11 is 0. The van der Waals surface area contributed by atoms with Crippen LogP contribution in [0.2, 0.25) is 0 Å². The van der Waals surface area contributed by atoms with Gasteiger partial charge in [0.05, 0.1) is 6.04 Å². The number of nitrogens with zero attached hydrogens (tertiary/aromatic N) is 2. The summed E-state index contributed by atoms with van der Waals surface area (Å²) in [5.74, 6) is -0.369.